The first-order valence-corrected chi connectivity index (χ1v) is 6.66. The summed E-state index contributed by atoms with van der Waals surface area (Å²) < 4.78 is 0. The molecule has 0 rings (SSSR count). The number of hydrogen-bond donors (Lipinski definition) is 2. The number of likely N-dealkylation sites (N-methyl/N-ethyl adjacent to an activating group) is 1. The van der Waals surface area contributed by atoms with Crippen LogP contribution < -0.4 is 5.32 Å². The SMILES string of the molecule is CCC(C)N(C)CCNC(=O)CCCCC(=O)O. The van der Waals surface area contributed by atoms with E-state index in [2.05, 4.69) is 24.1 Å². The van der Waals surface area contributed by atoms with E-state index in [-0.39, 0.29) is 12.3 Å². The zero-order chi connectivity index (χ0) is 14.0. The first kappa shape index (κ1) is 16.9. The van der Waals surface area contributed by atoms with Gasteiger partial charge in [-0.25, -0.2) is 0 Å². The maximum Gasteiger partial charge on any atom is 0.303 e. The minimum atomic E-state index is -0.800. The molecular formula is C13H26N2O3. The zero-order valence-electron chi connectivity index (χ0n) is 11.7. The molecule has 1 amide bonds. The van der Waals surface area contributed by atoms with Crippen molar-refractivity contribution in [2.75, 3.05) is 20.1 Å². The molecule has 0 aliphatic heterocycles. The molecule has 0 aromatic heterocycles. The highest BCUT2D eigenvalue weighted by Gasteiger charge is 2.07. The lowest BCUT2D eigenvalue weighted by molar-refractivity contribution is -0.137. The van der Waals surface area contributed by atoms with Crippen molar-refractivity contribution in [2.45, 2.75) is 52.0 Å². The van der Waals surface area contributed by atoms with E-state index in [1.54, 1.807) is 0 Å². The van der Waals surface area contributed by atoms with Gasteiger partial charge in [0.15, 0.2) is 0 Å². The second kappa shape index (κ2) is 9.88. The van der Waals surface area contributed by atoms with Crippen LogP contribution in [0.2, 0.25) is 0 Å². The Bertz CT molecular complexity index is 257. The fourth-order valence-corrected chi connectivity index (χ4v) is 1.55. The highest BCUT2D eigenvalue weighted by atomic mass is 16.4. The average molecular weight is 258 g/mol. The number of carbonyl (C=O) groups excluding carboxylic acids is 1. The van der Waals surface area contributed by atoms with Crippen molar-refractivity contribution in [3.8, 4) is 0 Å². The predicted octanol–water partition coefficient (Wildman–Crippen LogP) is 1.48. The first-order valence-electron chi connectivity index (χ1n) is 6.66. The van der Waals surface area contributed by atoms with Crippen molar-refractivity contribution in [2.24, 2.45) is 0 Å². The van der Waals surface area contributed by atoms with E-state index in [1.165, 1.54) is 0 Å². The second-order valence-electron chi connectivity index (χ2n) is 4.69. The number of carboxylic acid groups (broad SMARTS) is 1. The molecule has 106 valence electrons. The summed E-state index contributed by atoms with van der Waals surface area (Å²) in [5, 5.41) is 11.3. The summed E-state index contributed by atoms with van der Waals surface area (Å²) in [6.07, 6.45) is 2.86. The molecule has 0 saturated carbocycles. The summed E-state index contributed by atoms with van der Waals surface area (Å²) in [4.78, 5) is 23.9. The Morgan fingerprint density at radius 1 is 1.28 bits per heavy atom. The van der Waals surface area contributed by atoms with Gasteiger partial charge in [0.1, 0.15) is 0 Å². The van der Waals surface area contributed by atoms with Gasteiger partial charge in [0.2, 0.25) is 5.91 Å². The molecule has 5 heteroatoms. The van der Waals surface area contributed by atoms with E-state index in [1.807, 2.05) is 7.05 Å². The van der Waals surface area contributed by atoms with Crippen molar-refractivity contribution in [1.82, 2.24) is 10.2 Å². The lowest BCUT2D eigenvalue weighted by Crippen LogP contribution is -2.36. The Morgan fingerprint density at radius 2 is 1.89 bits per heavy atom. The molecular weight excluding hydrogens is 232 g/mol. The minimum Gasteiger partial charge on any atom is -0.481 e. The van der Waals surface area contributed by atoms with Crippen molar-refractivity contribution in [3.05, 3.63) is 0 Å². The topological polar surface area (TPSA) is 69.6 Å². The fourth-order valence-electron chi connectivity index (χ4n) is 1.55. The Balaban J connectivity index is 3.50. The number of aliphatic carboxylic acids is 1. The molecule has 0 aliphatic carbocycles. The number of carbonyl (C=O) groups is 2. The molecule has 0 aromatic carbocycles. The van der Waals surface area contributed by atoms with Crippen LogP contribution in [0.15, 0.2) is 0 Å². The molecule has 2 N–H and O–H groups in total. The molecule has 0 bridgehead atoms. The molecule has 0 spiro atoms. The summed E-state index contributed by atoms with van der Waals surface area (Å²) in [6.45, 7) is 5.80. The predicted molar refractivity (Wildman–Crippen MR) is 71.5 cm³/mol. The van der Waals surface area contributed by atoms with Gasteiger partial charge in [-0.1, -0.05) is 6.92 Å². The third kappa shape index (κ3) is 8.98. The van der Waals surface area contributed by atoms with Gasteiger partial charge >= 0.3 is 5.97 Å². The van der Waals surface area contributed by atoms with Gasteiger partial charge in [-0.2, -0.15) is 0 Å². The average Bonchev–Trinajstić information content (AvgIpc) is 2.33. The van der Waals surface area contributed by atoms with Crippen LogP contribution >= 0.6 is 0 Å². The monoisotopic (exact) mass is 258 g/mol. The van der Waals surface area contributed by atoms with Gasteiger partial charge < -0.3 is 15.3 Å². The van der Waals surface area contributed by atoms with Crippen molar-refractivity contribution >= 4 is 11.9 Å². The third-order valence-corrected chi connectivity index (χ3v) is 3.17. The normalized spacial score (nSPS) is 12.4. The molecule has 0 radical (unpaired) electrons. The summed E-state index contributed by atoms with van der Waals surface area (Å²) in [5.41, 5.74) is 0. The summed E-state index contributed by atoms with van der Waals surface area (Å²) in [5.74, 6) is -0.788. The third-order valence-electron chi connectivity index (χ3n) is 3.17. The molecule has 1 atom stereocenters. The smallest absolute Gasteiger partial charge is 0.303 e. The van der Waals surface area contributed by atoms with Crippen molar-refractivity contribution in [1.29, 1.82) is 0 Å². The van der Waals surface area contributed by atoms with E-state index < -0.39 is 5.97 Å². The first-order chi connectivity index (χ1) is 8.47. The molecule has 0 aromatic rings. The van der Waals surface area contributed by atoms with Gasteiger partial charge in [-0.05, 0) is 33.2 Å². The Hall–Kier alpha value is -1.10. The number of rotatable bonds is 10. The number of hydrogen-bond acceptors (Lipinski definition) is 3. The Labute approximate surface area is 110 Å². The largest absolute Gasteiger partial charge is 0.481 e. The Kier molecular flexibility index (Phi) is 9.28. The number of carboxylic acids is 1. The van der Waals surface area contributed by atoms with Crippen LogP contribution in [-0.2, 0) is 9.59 Å². The molecule has 18 heavy (non-hydrogen) atoms. The number of nitrogens with one attached hydrogen (secondary N) is 1. The highest BCUT2D eigenvalue weighted by molar-refractivity contribution is 5.75. The Morgan fingerprint density at radius 3 is 2.44 bits per heavy atom. The number of amides is 1. The van der Waals surface area contributed by atoms with Crippen LogP contribution in [0.25, 0.3) is 0 Å². The summed E-state index contributed by atoms with van der Waals surface area (Å²) in [7, 11) is 2.05. The van der Waals surface area contributed by atoms with Crippen molar-refractivity contribution in [3.63, 3.8) is 0 Å². The molecule has 1 unspecified atom stereocenters. The second-order valence-corrected chi connectivity index (χ2v) is 4.69. The molecule has 0 fully saturated rings. The number of nitrogens with zero attached hydrogens (tertiary/aromatic N) is 1. The zero-order valence-corrected chi connectivity index (χ0v) is 11.7. The van der Waals surface area contributed by atoms with E-state index in [9.17, 15) is 9.59 Å². The molecule has 5 nitrogen and oxygen atoms in total. The van der Waals surface area contributed by atoms with E-state index >= 15 is 0 Å². The molecule has 0 heterocycles. The van der Waals surface area contributed by atoms with E-state index in [0.717, 1.165) is 13.0 Å². The number of unbranched alkanes of at least 4 members (excludes halogenated alkanes) is 1. The van der Waals surface area contributed by atoms with Crippen LogP contribution in [0.5, 0.6) is 0 Å². The summed E-state index contributed by atoms with van der Waals surface area (Å²) in [6, 6.07) is 0.525. The standard InChI is InChI=1S/C13H26N2O3/c1-4-11(2)15(3)10-9-14-12(16)7-5-6-8-13(17)18/h11H,4-10H2,1-3H3,(H,14,16)(H,17,18). The maximum atomic E-state index is 11.4. The quantitative estimate of drug-likeness (QED) is 0.582. The van der Waals surface area contributed by atoms with Gasteiger partial charge in [0.25, 0.3) is 0 Å². The van der Waals surface area contributed by atoms with Crippen LogP contribution in [0.1, 0.15) is 46.0 Å². The molecule has 0 saturated heterocycles. The van der Waals surface area contributed by atoms with Crippen LogP contribution in [0, 0.1) is 0 Å². The van der Waals surface area contributed by atoms with Gasteiger partial charge in [-0.3, -0.25) is 9.59 Å². The highest BCUT2D eigenvalue weighted by Crippen LogP contribution is 2.00. The minimum absolute atomic E-state index is 0.0120. The molecule has 0 aliphatic rings. The van der Waals surface area contributed by atoms with Crippen LogP contribution in [-0.4, -0.2) is 48.1 Å². The van der Waals surface area contributed by atoms with E-state index in [0.29, 0.717) is 31.8 Å². The lowest BCUT2D eigenvalue weighted by Gasteiger charge is -2.23. The van der Waals surface area contributed by atoms with Gasteiger partial charge in [-0.15, -0.1) is 0 Å². The van der Waals surface area contributed by atoms with Crippen molar-refractivity contribution < 1.29 is 14.7 Å². The van der Waals surface area contributed by atoms with Crippen LogP contribution in [0.4, 0.5) is 0 Å². The van der Waals surface area contributed by atoms with Gasteiger partial charge in [0.05, 0.1) is 0 Å². The van der Waals surface area contributed by atoms with Gasteiger partial charge in [0, 0.05) is 32.0 Å². The van der Waals surface area contributed by atoms with E-state index in [4.69, 9.17) is 5.11 Å². The lowest BCUT2D eigenvalue weighted by atomic mass is 10.2. The summed E-state index contributed by atoms with van der Waals surface area (Å²) >= 11 is 0. The van der Waals surface area contributed by atoms with Crippen LogP contribution in [0.3, 0.4) is 0 Å². The fraction of sp³-hybridized carbons (Fsp3) is 0.846. The maximum absolute atomic E-state index is 11.4.